The van der Waals surface area contributed by atoms with Gasteiger partial charge in [0, 0.05) is 38.7 Å². The number of likely N-dealkylation sites (tertiary alicyclic amines) is 1. The van der Waals surface area contributed by atoms with Crippen molar-refractivity contribution in [1.82, 2.24) is 15.3 Å². The number of amides is 2. The predicted octanol–water partition coefficient (Wildman–Crippen LogP) is 1.77. The van der Waals surface area contributed by atoms with Crippen LogP contribution in [0.5, 0.6) is 0 Å². The molecule has 2 fully saturated rings. The maximum Gasteiger partial charge on any atom is 0.276 e. The van der Waals surface area contributed by atoms with Gasteiger partial charge in [-0.15, -0.1) is 0 Å². The average molecular weight is 343 g/mol. The van der Waals surface area contributed by atoms with Crippen LogP contribution in [0.1, 0.15) is 58.4 Å². The molecule has 0 aromatic heterocycles. The monoisotopic (exact) mass is 343 g/mol. The van der Waals surface area contributed by atoms with Gasteiger partial charge in [-0.25, -0.2) is 10.4 Å². The molecule has 2 aliphatic heterocycles. The van der Waals surface area contributed by atoms with Crippen LogP contribution < -0.4 is 5.43 Å². The van der Waals surface area contributed by atoms with Gasteiger partial charge in [0.15, 0.2) is 0 Å². The highest BCUT2D eigenvalue weighted by molar-refractivity contribution is 6.21. The van der Waals surface area contributed by atoms with Crippen molar-refractivity contribution in [1.29, 1.82) is 0 Å². The second-order valence-corrected chi connectivity index (χ2v) is 7.08. The van der Waals surface area contributed by atoms with Gasteiger partial charge in [-0.1, -0.05) is 18.6 Å². The second kappa shape index (κ2) is 6.52. The summed E-state index contributed by atoms with van der Waals surface area (Å²) in [6, 6.07) is 6.14. The molecule has 6 nitrogen and oxygen atoms in total. The number of hydrogen-bond donors (Lipinski definition) is 1. The summed E-state index contributed by atoms with van der Waals surface area (Å²) in [7, 11) is 1.60. The van der Waals surface area contributed by atoms with E-state index >= 15 is 0 Å². The van der Waals surface area contributed by atoms with E-state index in [0.29, 0.717) is 29.2 Å². The number of nitrogens with one attached hydrogen (secondary N) is 1. The molecule has 3 aliphatic rings. The first kappa shape index (κ1) is 16.7. The molecule has 0 spiro atoms. The summed E-state index contributed by atoms with van der Waals surface area (Å²) in [4.78, 5) is 27.6. The minimum Gasteiger partial charge on any atom is -0.376 e. The molecule has 0 radical (unpaired) electrons. The lowest BCUT2D eigenvalue weighted by Crippen LogP contribution is -2.57. The summed E-state index contributed by atoms with van der Waals surface area (Å²) < 4.78 is 5.69. The fourth-order valence-corrected chi connectivity index (χ4v) is 4.65. The van der Waals surface area contributed by atoms with Gasteiger partial charge in [0.25, 0.3) is 11.8 Å². The van der Waals surface area contributed by atoms with Gasteiger partial charge in [-0.3, -0.25) is 14.5 Å². The first-order valence-electron chi connectivity index (χ1n) is 9.20. The van der Waals surface area contributed by atoms with Crippen LogP contribution in [0.4, 0.5) is 0 Å². The number of hydrazine groups is 1. The first-order chi connectivity index (χ1) is 12.2. The maximum absolute atomic E-state index is 12.7. The molecule has 1 saturated carbocycles. The van der Waals surface area contributed by atoms with Crippen LogP contribution in [-0.2, 0) is 4.74 Å². The highest BCUT2D eigenvalue weighted by Gasteiger charge is 2.44. The smallest absolute Gasteiger partial charge is 0.276 e. The van der Waals surface area contributed by atoms with Gasteiger partial charge in [-0.2, -0.15) is 0 Å². The minimum atomic E-state index is -0.251. The van der Waals surface area contributed by atoms with Crippen molar-refractivity contribution in [2.45, 2.75) is 44.2 Å². The molecule has 0 unspecified atom stereocenters. The van der Waals surface area contributed by atoms with E-state index in [1.54, 1.807) is 13.1 Å². The Balaban J connectivity index is 1.61. The lowest BCUT2D eigenvalue weighted by Gasteiger charge is -2.45. The van der Waals surface area contributed by atoms with Gasteiger partial charge >= 0.3 is 0 Å². The molecule has 1 aromatic carbocycles. The number of ether oxygens (including phenoxy) is 1. The first-order valence-corrected chi connectivity index (χ1v) is 9.20. The largest absolute Gasteiger partial charge is 0.376 e. The van der Waals surface area contributed by atoms with Crippen LogP contribution >= 0.6 is 0 Å². The number of hydrogen-bond acceptors (Lipinski definition) is 5. The maximum atomic E-state index is 12.7. The molecule has 1 aromatic rings. The third-order valence-corrected chi connectivity index (χ3v) is 5.80. The number of rotatable bonds is 5. The highest BCUT2D eigenvalue weighted by atomic mass is 16.5. The van der Waals surface area contributed by atoms with Gasteiger partial charge < -0.3 is 4.74 Å². The zero-order valence-corrected chi connectivity index (χ0v) is 14.8. The van der Waals surface area contributed by atoms with E-state index in [1.165, 1.54) is 0 Å². The predicted molar refractivity (Wildman–Crippen MR) is 93.4 cm³/mol. The molecule has 2 atom stereocenters. The Kier molecular flexibility index (Phi) is 4.35. The SMILES string of the molecule is CCOC1CN([C@@H]2CCC[C@@H]2c2cccc3c2C(=O)N(NC)C3=O)C1. The summed E-state index contributed by atoms with van der Waals surface area (Å²) in [5, 5.41) is 1.12. The van der Waals surface area contributed by atoms with Crippen molar-refractivity contribution in [2.24, 2.45) is 0 Å². The second-order valence-electron chi connectivity index (χ2n) is 7.08. The molecular formula is C19H25N3O3. The normalized spacial score (nSPS) is 27.0. The van der Waals surface area contributed by atoms with Crippen LogP contribution in [0.15, 0.2) is 18.2 Å². The number of carbonyl (C=O) groups excluding carboxylic acids is 2. The van der Waals surface area contributed by atoms with Gasteiger partial charge in [0.2, 0.25) is 0 Å². The van der Waals surface area contributed by atoms with Crippen LogP contribution in [0, 0.1) is 0 Å². The van der Waals surface area contributed by atoms with E-state index in [2.05, 4.69) is 10.3 Å². The molecule has 1 aliphatic carbocycles. The molecule has 4 rings (SSSR count). The zero-order chi connectivity index (χ0) is 17.6. The van der Waals surface area contributed by atoms with Gasteiger partial charge in [0.1, 0.15) is 0 Å². The summed E-state index contributed by atoms with van der Waals surface area (Å²) in [5.41, 5.74) is 4.87. The van der Waals surface area contributed by atoms with Crippen LogP contribution in [0.25, 0.3) is 0 Å². The number of fused-ring (bicyclic) bond motifs is 1. The lowest BCUT2D eigenvalue weighted by atomic mass is 9.86. The third kappa shape index (κ3) is 2.60. The molecule has 1 saturated heterocycles. The Hall–Kier alpha value is -1.76. The Labute approximate surface area is 148 Å². The minimum absolute atomic E-state index is 0.223. The molecule has 1 N–H and O–H groups in total. The third-order valence-electron chi connectivity index (χ3n) is 5.80. The van der Waals surface area contributed by atoms with Gasteiger partial charge in [0.05, 0.1) is 17.2 Å². The van der Waals surface area contributed by atoms with E-state index in [0.717, 1.165) is 49.5 Å². The van der Waals surface area contributed by atoms with E-state index in [-0.39, 0.29) is 11.8 Å². The molecule has 25 heavy (non-hydrogen) atoms. The quantitative estimate of drug-likeness (QED) is 0.826. The van der Waals surface area contributed by atoms with E-state index in [9.17, 15) is 9.59 Å². The fourth-order valence-electron chi connectivity index (χ4n) is 4.65. The molecule has 6 heteroatoms. The van der Waals surface area contributed by atoms with Crippen molar-refractivity contribution in [3.8, 4) is 0 Å². The lowest BCUT2D eigenvalue weighted by molar-refractivity contribution is -0.0693. The zero-order valence-electron chi connectivity index (χ0n) is 14.8. The number of nitrogens with zero attached hydrogens (tertiary/aromatic N) is 2. The molecule has 0 bridgehead atoms. The summed E-state index contributed by atoms with van der Waals surface area (Å²) in [6.07, 6.45) is 3.71. The van der Waals surface area contributed by atoms with Crippen molar-refractivity contribution < 1.29 is 14.3 Å². The van der Waals surface area contributed by atoms with Gasteiger partial charge in [-0.05, 0) is 31.4 Å². The van der Waals surface area contributed by atoms with Crippen LogP contribution in [-0.4, -0.2) is 60.6 Å². The summed E-state index contributed by atoms with van der Waals surface area (Å²) >= 11 is 0. The van der Waals surface area contributed by atoms with Crippen molar-refractivity contribution in [3.05, 3.63) is 34.9 Å². The average Bonchev–Trinajstić information content (AvgIpc) is 3.14. The van der Waals surface area contributed by atoms with Crippen LogP contribution in [0.2, 0.25) is 0 Å². The van der Waals surface area contributed by atoms with Crippen molar-refractivity contribution >= 4 is 11.8 Å². The van der Waals surface area contributed by atoms with Crippen molar-refractivity contribution in [2.75, 3.05) is 26.7 Å². The van der Waals surface area contributed by atoms with E-state index in [4.69, 9.17) is 4.74 Å². The van der Waals surface area contributed by atoms with E-state index < -0.39 is 0 Å². The summed E-state index contributed by atoms with van der Waals surface area (Å²) in [6.45, 7) is 4.73. The van der Waals surface area contributed by atoms with Crippen LogP contribution in [0.3, 0.4) is 0 Å². The number of imide groups is 1. The highest BCUT2D eigenvalue weighted by Crippen LogP contribution is 2.42. The Morgan fingerprint density at radius 2 is 2.00 bits per heavy atom. The fraction of sp³-hybridized carbons (Fsp3) is 0.579. The van der Waals surface area contributed by atoms with Crippen molar-refractivity contribution in [3.63, 3.8) is 0 Å². The molecule has 134 valence electrons. The Bertz CT molecular complexity index is 699. The molecule has 2 amide bonds. The number of benzene rings is 1. The standard InChI is InChI=1S/C19H25N3O3/c1-3-25-12-10-21(11-12)16-9-5-6-13(16)14-7-4-8-15-17(14)19(24)22(20-2)18(15)23/h4,7-8,12-13,16,20H,3,5-6,9-11H2,1-2H3/t13-,16-/m1/s1. The van der Waals surface area contributed by atoms with E-state index in [1.807, 2.05) is 19.1 Å². The Morgan fingerprint density at radius 3 is 2.72 bits per heavy atom. The topological polar surface area (TPSA) is 61.9 Å². The molecule has 2 heterocycles. The number of carbonyl (C=O) groups is 2. The summed E-state index contributed by atoms with van der Waals surface area (Å²) in [5.74, 6) is -0.162. The Morgan fingerprint density at radius 1 is 1.20 bits per heavy atom. The molecular weight excluding hydrogens is 318 g/mol.